The molecule has 0 atom stereocenters. The van der Waals surface area contributed by atoms with Crippen LogP contribution in [0, 0.1) is 0 Å². The molecule has 8 nitrogen and oxygen atoms in total. The summed E-state index contributed by atoms with van der Waals surface area (Å²) in [6.07, 6.45) is 4.59. The molecule has 4 aromatic rings. The van der Waals surface area contributed by atoms with E-state index < -0.39 is 5.92 Å². The molecule has 0 unspecified atom stereocenters. The van der Waals surface area contributed by atoms with Crippen molar-refractivity contribution in [2.24, 2.45) is 0 Å². The number of para-hydroxylation sites is 1. The predicted octanol–water partition coefficient (Wildman–Crippen LogP) is 6.54. The highest BCUT2D eigenvalue weighted by atomic mass is 19.3. The third kappa shape index (κ3) is 7.64. The van der Waals surface area contributed by atoms with Crippen LogP contribution in [0.5, 0.6) is 23.1 Å². The molecule has 3 aromatic carbocycles. The summed E-state index contributed by atoms with van der Waals surface area (Å²) < 4.78 is 39.1. The lowest BCUT2D eigenvalue weighted by Gasteiger charge is -2.31. The maximum atomic E-state index is 13.6. The number of nitrogens with zero attached hydrogens (tertiary/aromatic N) is 3. The Morgan fingerprint density at radius 2 is 1.71 bits per heavy atom. The van der Waals surface area contributed by atoms with Crippen LogP contribution in [0.3, 0.4) is 0 Å². The van der Waals surface area contributed by atoms with Gasteiger partial charge in [0.1, 0.15) is 29.4 Å². The van der Waals surface area contributed by atoms with Crippen molar-refractivity contribution in [2.75, 3.05) is 30.7 Å². The molecule has 2 heterocycles. The number of hydrogen-bond acceptors (Lipinski definition) is 7. The van der Waals surface area contributed by atoms with E-state index in [0.717, 1.165) is 5.75 Å². The van der Waals surface area contributed by atoms with Crippen LogP contribution in [0.15, 0.2) is 97.3 Å². The van der Waals surface area contributed by atoms with E-state index in [0.29, 0.717) is 41.3 Å². The first-order valence-electron chi connectivity index (χ1n) is 13.1. The molecular weight excluding hydrogens is 528 g/mol. The maximum absolute atomic E-state index is 13.6. The van der Waals surface area contributed by atoms with Gasteiger partial charge in [0.2, 0.25) is 11.8 Å². The van der Waals surface area contributed by atoms with Crippen molar-refractivity contribution in [3.8, 4) is 34.3 Å². The first-order chi connectivity index (χ1) is 19.8. The lowest BCUT2D eigenvalue weighted by molar-refractivity contribution is -0.111. The van der Waals surface area contributed by atoms with Gasteiger partial charge >= 0.3 is 0 Å². The number of anilines is 2. The number of piperidine rings is 1. The summed E-state index contributed by atoms with van der Waals surface area (Å²) in [5.74, 6) is -0.709. The number of nitrogen functional groups attached to an aromatic ring is 1. The Morgan fingerprint density at radius 3 is 2.46 bits per heavy atom. The molecule has 1 aliphatic heterocycles. The molecule has 210 valence electrons. The molecule has 0 spiro atoms. The van der Waals surface area contributed by atoms with Crippen LogP contribution >= 0.6 is 0 Å². The average Bonchev–Trinajstić information content (AvgIpc) is 2.94. The number of carbonyl (C=O) groups excluding carboxylic acids is 1. The third-order valence-electron chi connectivity index (χ3n) is 6.38. The van der Waals surface area contributed by atoms with Gasteiger partial charge in [-0.3, -0.25) is 9.69 Å². The number of aromatic nitrogens is 2. The van der Waals surface area contributed by atoms with Gasteiger partial charge in [-0.2, -0.15) is 0 Å². The van der Waals surface area contributed by atoms with Crippen molar-refractivity contribution in [2.45, 2.75) is 18.8 Å². The summed E-state index contributed by atoms with van der Waals surface area (Å²) in [5.41, 5.74) is 7.83. The molecule has 10 heteroatoms. The molecule has 0 aliphatic carbocycles. The Morgan fingerprint density at radius 1 is 0.976 bits per heavy atom. The summed E-state index contributed by atoms with van der Waals surface area (Å²) in [5, 5.41) is 2.79. The van der Waals surface area contributed by atoms with Gasteiger partial charge in [0.15, 0.2) is 0 Å². The van der Waals surface area contributed by atoms with Crippen LogP contribution in [0.25, 0.3) is 11.1 Å². The van der Waals surface area contributed by atoms with E-state index in [4.69, 9.17) is 15.2 Å². The highest BCUT2D eigenvalue weighted by molar-refractivity contribution is 5.99. The first-order valence-corrected chi connectivity index (χ1v) is 13.1. The molecule has 1 aromatic heterocycles. The van der Waals surface area contributed by atoms with Gasteiger partial charge < -0.3 is 20.5 Å². The highest BCUT2D eigenvalue weighted by Crippen LogP contribution is 2.36. The fraction of sp³-hybridized carbons (Fsp3) is 0.194. The number of likely N-dealkylation sites (tertiary alicyclic amines) is 1. The van der Waals surface area contributed by atoms with Crippen LogP contribution in [-0.4, -0.2) is 46.3 Å². The van der Waals surface area contributed by atoms with Crippen LogP contribution < -0.4 is 20.5 Å². The number of carbonyl (C=O) groups is 1. The average molecular weight is 558 g/mol. The van der Waals surface area contributed by atoms with Crippen molar-refractivity contribution < 1.29 is 23.0 Å². The molecule has 3 N–H and O–H groups in total. The number of rotatable bonds is 9. The largest absolute Gasteiger partial charge is 0.457 e. The number of nitrogens with two attached hydrogens (primary N) is 1. The molecule has 0 bridgehead atoms. The Labute approximate surface area is 236 Å². The van der Waals surface area contributed by atoms with Crippen LogP contribution in [0.2, 0.25) is 0 Å². The molecule has 1 saturated heterocycles. The number of alkyl halides is 2. The Hall–Kier alpha value is -4.83. The molecule has 0 saturated carbocycles. The van der Waals surface area contributed by atoms with Crippen molar-refractivity contribution in [3.05, 3.63) is 97.3 Å². The summed E-state index contributed by atoms with van der Waals surface area (Å²) in [6, 6.07) is 23.6. The standard InChI is InChI=1S/C31H29F2N5O3/c32-31(33)16-6-18-38(20-31)17-5-11-27(39)37-23-8-4-7-22(19-23)28-29(34)35-21-36-30(28)41-26-14-12-25(13-15-26)40-24-9-2-1-3-10-24/h1-5,7-15,19,21H,6,16-18,20H2,(H,37,39)(H2,34,35,36)/b11-5+. The van der Waals surface area contributed by atoms with Gasteiger partial charge in [0, 0.05) is 24.7 Å². The van der Waals surface area contributed by atoms with Crippen molar-refractivity contribution in [1.29, 1.82) is 0 Å². The first kappa shape index (κ1) is 27.7. The highest BCUT2D eigenvalue weighted by Gasteiger charge is 2.34. The molecular formula is C31H29F2N5O3. The summed E-state index contributed by atoms with van der Waals surface area (Å²) in [4.78, 5) is 22.5. The van der Waals surface area contributed by atoms with E-state index >= 15 is 0 Å². The number of ether oxygens (including phenoxy) is 2. The number of hydrogen-bond donors (Lipinski definition) is 2. The fourth-order valence-corrected chi connectivity index (χ4v) is 4.49. The normalized spacial score (nSPS) is 15.0. The fourth-order valence-electron chi connectivity index (χ4n) is 4.49. The Balaban J connectivity index is 1.25. The zero-order valence-corrected chi connectivity index (χ0v) is 22.2. The van der Waals surface area contributed by atoms with Crippen molar-refractivity contribution >= 4 is 17.4 Å². The summed E-state index contributed by atoms with van der Waals surface area (Å²) in [7, 11) is 0. The second-order valence-corrected chi connectivity index (χ2v) is 9.59. The zero-order valence-electron chi connectivity index (χ0n) is 22.2. The Bertz CT molecular complexity index is 1510. The second-order valence-electron chi connectivity index (χ2n) is 9.59. The van der Waals surface area contributed by atoms with Crippen LogP contribution in [0.4, 0.5) is 20.3 Å². The number of amides is 1. The van der Waals surface area contributed by atoms with Gasteiger partial charge in [0.05, 0.1) is 12.1 Å². The summed E-state index contributed by atoms with van der Waals surface area (Å²) in [6.45, 7) is 0.568. The summed E-state index contributed by atoms with van der Waals surface area (Å²) >= 11 is 0. The van der Waals surface area contributed by atoms with Gasteiger partial charge in [-0.1, -0.05) is 36.4 Å². The molecule has 5 rings (SSSR count). The number of benzene rings is 3. The van der Waals surface area contributed by atoms with Crippen LogP contribution in [0.1, 0.15) is 12.8 Å². The second kappa shape index (κ2) is 12.6. The molecule has 41 heavy (non-hydrogen) atoms. The molecule has 1 aliphatic rings. The number of nitrogens with one attached hydrogen (secondary N) is 1. The van der Waals surface area contributed by atoms with Gasteiger partial charge in [-0.05, 0) is 67.1 Å². The van der Waals surface area contributed by atoms with Gasteiger partial charge in [0.25, 0.3) is 5.92 Å². The van der Waals surface area contributed by atoms with Crippen molar-refractivity contribution in [1.82, 2.24) is 14.9 Å². The SMILES string of the molecule is Nc1ncnc(Oc2ccc(Oc3ccccc3)cc2)c1-c1cccc(NC(=O)/C=C/CN2CCCC(F)(F)C2)c1. The van der Waals surface area contributed by atoms with Gasteiger partial charge in [-0.15, -0.1) is 0 Å². The minimum absolute atomic E-state index is 0.0935. The number of halogens is 2. The lowest BCUT2D eigenvalue weighted by atomic mass is 10.1. The van der Waals surface area contributed by atoms with Crippen molar-refractivity contribution in [3.63, 3.8) is 0 Å². The molecule has 0 radical (unpaired) electrons. The van der Waals surface area contributed by atoms with E-state index in [1.807, 2.05) is 30.3 Å². The van der Waals surface area contributed by atoms with Crippen LogP contribution in [-0.2, 0) is 4.79 Å². The molecule has 1 amide bonds. The molecule has 1 fully saturated rings. The topological polar surface area (TPSA) is 103 Å². The minimum atomic E-state index is -2.68. The van der Waals surface area contributed by atoms with Gasteiger partial charge in [-0.25, -0.2) is 18.7 Å². The van der Waals surface area contributed by atoms with E-state index in [2.05, 4.69) is 15.3 Å². The minimum Gasteiger partial charge on any atom is -0.457 e. The Kier molecular flexibility index (Phi) is 8.50. The van der Waals surface area contributed by atoms with E-state index in [9.17, 15) is 13.6 Å². The quantitative estimate of drug-likeness (QED) is 0.225. The zero-order chi connectivity index (χ0) is 28.7. The monoisotopic (exact) mass is 557 g/mol. The maximum Gasteiger partial charge on any atom is 0.260 e. The predicted molar refractivity (Wildman–Crippen MR) is 153 cm³/mol. The third-order valence-corrected chi connectivity index (χ3v) is 6.38. The smallest absolute Gasteiger partial charge is 0.260 e. The van der Waals surface area contributed by atoms with E-state index in [1.165, 1.54) is 12.4 Å². The van der Waals surface area contributed by atoms with E-state index in [-0.39, 0.29) is 37.1 Å². The van der Waals surface area contributed by atoms with E-state index in [1.54, 1.807) is 59.5 Å². The lowest BCUT2D eigenvalue weighted by Crippen LogP contribution is -2.42.